The number of carbonyl (C=O) groups excluding carboxylic acids is 1. The number of esters is 1. The van der Waals surface area contributed by atoms with E-state index in [1.165, 1.54) is 12.3 Å². The third-order valence-corrected chi connectivity index (χ3v) is 6.99. The van der Waals surface area contributed by atoms with Gasteiger partial charge in [-0.1, -0.05) is 48.0 Å². The highest BCUT2D eigenvalue weighted by atomic mass is 28.3. The summed E-state index contributed by atoms with van der Waals surface area (Å²) in [5.41, 5.74) is 2.70. The van der Waals surface area contributed by atoms with Gasteiger partial charge in [-0.3, -0.25) is 5.01 Å². The molecule has 0 spiro atoms. The maximum atomic E-state index is 12.2. The van der Waals surface area contributed by atoms with Crippen molar-refractivity contribution in [2.45, 2.75) is 59.4 Å². The normalized spacial score (nSPS) is 11.1. The summed E-state index contributed by atoms with van der Waals surface area (Å²) in [4.78, 5) is 12.2. The highest BCUT2D eigenvalue weighted by Crippen LogP contribution is 2.16. The molecular weight excluding hydrogens is 426 g/mol. The molecule has 2 rings (SSSR count). The van der Waals surface area contributed by atoms with Crippen LogP contribution in [0, 0.1) is 23.7 Å². The van der Waals surface area contributed by atoms with E-state index in [0.29, 0.717) is 11.1 Å². The van der Waals surface area contributed by atoms with E-state index >= 15 is 0 Å². The number of carbonyl (C=O) groups is 1. The molecule has 2 aromatic rings. The van der Waals surface area contributed by atoms with Crippen molar-refractivity contribution in [1.82, 2.24) is 5.01 Å². The van der Waals surface area contributed by atoms with Crippen LogP contribution in [0.15, 0.2) is 52.8 Å². The SMILES string of the molecule is COC(=O)c1cc([Si](C)(C)C)ccc1C#CC#Cc1ccc(N=NN(C(C)C)C(C)C)cc1. The number of hydrogen-bond acceptors (Lipinski definition) is 4. The van der Waals surface area contributed by atoms with Gasteiger partial charge in [0, 0.05) is 23.2 Å². The third-order valence-electron chi connectivity index (χ3n) is 4.95. The topological polar surface area (TPSA) is 54.3 Å². The second-order valence-corrected chi connectivity index (χ2v) is 14.4. The van der Waals surface area contributed by atoms with Crippen LogP contribution in [0.25, 0.3) is 0 Å². The van der Waals surface area contributed by atoms with Gasteiger partial charge in [0.05, 0.1) is 26.4 Å². The molecule has 0 amide bonds. The second kappa shape index (κ2) is 11.5. The first-order valence-corrected chi connectivity index (χ1v) is 14.6. The Morgan fingerprint density at radius 3 is 2.09 bits per heavy atom. The van der Waals surface area contributed by atoms with Crippen molar-refractivity contribution >= 4 is 24.9 Å². The largest absolute Gasteiger partial charge is 0.465 e. The summed E-state index contributed by atoms with van der Waals surface area (Å²) in [6.07, 6.45) is 0. The first-order chi connectivity index (χ1) is 15.5. The van der Waals surface area contributed by atoms with Gasteiger partial charge in [-0.2, -0.15) is 0 Å². The van der Waals surface area contributed by atoms with Gasteiger partial charge in [-0.05, 0) is 75.9 Å². The van der Waals surface area contributed by atoms with Crippen molar-refractivity contribution in [2.75, 3.05) is 7.11 Å². The van der Waals surface area contributed by atoms with Crippen LogP contribution in [0.1, 0.15) is 49.2 Å². The number of hydrogen-bond donors (Lipinski definition) is 0. The van der Waals surface area contributed by atoms with Crippen LogP contribution in [0.5, 0.6) is 0 Å². The van der Waals surface area contributed by atoms with E-state index in [1.54, 1.807) is 0 Å². The maximum absolute atomic E-state index is 12.2. The molecule has 2 aromatic carbocycles. The lowest BCUT2D eigenvalue weighted by Gasteiger charge is -2.25. The predicted molar refractivity (Wildman–Crippen MR) is 138 cm³/mol. The first kappa shape index (κ1) is 25.9. The number of benzene rings is 2. The van der Waals surface area contributed by atoms with Crippen LogP contribution < -0.4 is 5.19 Å². The fraction of sp³-hybridized carbons (Fsp3) is 0.370. The number of nitrogens with zero attached hydrogens (tertiary/aromatic N) is 3. The lowest BCUT2D eigenvalue weighted by molar-refractivity contribution is 0.0600. The molecule has 5 nitrogen and oxygen atoms in total. The Balaban J connectivity index is 2.19. The maximum Gasteiger partial charge on any atom is 0.339 e. The zero-order chi connectivity index (χ0) is 24.6. The number of methoxy groups -OCH3 is 1. The molecule has 0 saturated heterocycles. The average Bonchev–Trinajstić information content (AvgIpc) is 2.76. The number of ether oxygens (including phenoxy) is 1. The second-order valence-electron chi connectivity index (χ2n) is 9.31. The Labute approximate surface area is 199 Å². The Kier molecular flexibility index (Phi) is 9.02. The highest BCUT2D eigenvalue weighted by molar-refractivity contribution is 6.88. The molecular formula is C27H33N3O2Si. The van der Waals surface area contributed by atoms with Crippen LogP contribution in [-0.4, -0.2) is 38.2 Å². The monoisotopic (exact) mass is 459 g/mol. The molecule has 0 saturated carbocycles. The molecule has 0 aromatic heterocycles. The van der Waals surface area contributed by atoms with Gasteiger partial charge in [0.15, 0.2) is 0 Å². The van der Waals surface area contributed by atoms with Crippen LogP contribution in [0.2, 0.25) is 19.6 Å². The van der Waals surface area contributed by atoms with Gasteiger partial charge in [0.1, 0.15) is 0 Å². The smallest absolute Gasteiger partial charge is 0.339 e. The Morgan fingerprint density at radius 1 is 0.939 bits per heavy atom. The summed E-state index contributed by atoms with van der Waals surface area (Å²) in [5.74, 6) is 11.4. The van der Waals surface area contributed by atoms with E-state index in [0.717, 1.165) is 11.3 Å². The summed E-state index contributed by atoms with van der Waals surface area (Å²) < 4.78 is 4.95. The molecule has 0 radical (unpaired) electrons. The van der Waals surface area contributed by atoms with Gasteiger partial charge in [-0.25, -0.2) is 4.79 Å². The van der Waals surface area contributed by atoms with Gasteiger partial charge in [-0.15, -0.1) is 5.11 Å². The van der Waals surface area contributed by atoms with Crippen molar-refractivity contribution in [3.05, 3.63) is 59.2 Å². The van der Waals surface area contributed by atoms with Crippen molar-refractivity contribution < 1.29 is 9.53 Å². The summed E-state index contributed by atoms with van der Waals surface area (Å²) in [6, 6.07) is 13.9. The third kappa shape index (κ3) is 7.63. The van der Waals surface area contributed by atoms with E-state index < -0.39 is 8.07 Å². The lowest BCUT2D eigenvalue weighted by atomic mass is 10.1. The molecule has 0 aliphatic rings. The minimum Gasteiger partial charge on any atom is -0.465 e. The molecule has 0 fully saturated rings. The van der Waals surface area contributed by atoms with Crippen LogP contribution >= 0.6 is 0 Å². The van der Waals surface area contributed by atoms with Crippen molar-refractivity contribution in [2.24, 2.45) is 10.3 Å². The van der Waals surface area contributed by atoms with E-state index in [9.17, 15) is 4.79 Å². The minimum absolute atomic E-state index is 0.281. The quantitative estimate of drug-likeness (QED) is 0.187. The van der Waals surface area contributed by atoms with Gasteiger partial charge in [0.2, 0.25) is 0 Å². The van der Waals surface area contributed by atoms with Crippen LogP contribution in [0.3, 0.4) is 0 Å². The van der Waals surface area contributed by atoms with Crippen molar-refractivity contribution in [1.29, 1.82) is 0 Å². The van der Waals surface area contributed by atoms with E-state index in [4.69, 9.17) is 4.74 Å². The van der Waals surface area contributed by atoms with E-state index in [2.05, 4.69) is 81.4 Å². The van der Waals surface area contributed by atoms with Crippen molar-refractivity contribution in [3.8, 4) is 23.7 Å². The molecule has 172 valence electrons. The van der Waals surface area contributed by atoms with Gasteiger partial charge >= 0.3 is 5.97 Å². The Morgan fingerprint density at radius 2 is 1.55 bits per heavy atom. The van der Waals surface area contributed by atoms with E-state index in [1.807, 2.05) is 47.5 Å². The Bertz CT molecular complexity index is 1110. The highest BCUT2D eigenvalue weighted by Gasteiger charge is 2.20. The minimum atomic E-state index is -1.56. The zero-order valence-electron chi connectivity index (χ0n) is 20.9. The van der Waals surface area contributed by atoms with Crippen molar-refractivity contribution in [3.63, 3.8) is 0 Å². The molecule has 0 bridgehead atoms. The average molecular weight is 460 g/mol. The standard InChI is InChI=1S/C27H33N3O2Si/c1-20(2)30(21(3)4)29-28-24-16-13-22(14-17-24)11-9-10-12-23-15-18-25(33(6,7)8)19-26(23)27(31)32-5/h13-21H,1-8H3. The fourth-order valence-corrected chi connectivity index (χ4v) is 4.28. The molecule has 0 heterocycles. The van der Waals surface area contributed by atoms with Gasteiger partial charge in [0.25, 0.3) is 0 Å². The fourth-order valence-electron chi connectivity index (χ4n) is 3.12. The Hall–Kier alpha value is -3.35. The molecule has 0 aliphatic heterocycles. The predicted octanol–water partition coefficient (Wildman–Crippen LogP) is 5.54. The lowest BCUT2D eigenvalue weighted by Crippen LogP contribution is -2.38. The molecule has 0 N–H and O–H groups in total. The summed E-state index contributed by atoms with van der Waals surface area (Å²) in [7, 11) is -0.176. The zero-order valence-corrected chi connectivity index (χ0v) is 21.9. The molecule has 33 heavy (non-hydrogen) atoms. The molecule has 0 aliphatic carbocycles. The number of rotatable bonds is 6. The molecule has 6 heteroatoms. The summed E-state index contributed by atoms with van der Waals surface area (Å²) in [5, 5.41) is 11.8. The van der Waals surface area contributed by atoms with E-state index in [-0.39, 0.29) is 18.1 Å². The summed E-state index contributed by atoms with van der Waals surface area (Å²) in [6.45, 7) is 15.1. The molecule has 0 unspecified atom stereocenters. The molecule has 0 atom stereocenters. The van der Waals surface area contributed by atoms with Crippen LogP contribution in [-0.2, 0) is 4.74 Å². The first-order valence-electron chi connectivity index (χ1n) is 11.1. The summed E-state index contributed by atoms with van der Waals surface area (Å²) >= 11 is 0. The van der Waals surface area contributed by atoms with Gasteiger partial charge < -0.3 is 4.74 Å². The van der Waals surface area contributed by atoms with Crippen LogP contribution in [0.4, 0.5) is 5.69 Å².